The third kappa shape index (κ3) is 4.92. The summed E-state index contributed by atoms with van der Waals surface area (Å²) in [5.74, 6) is 2.37. The van der Waals surface area contributed by atoms with Crippen molar-refractivity contribution in [2.75, 3.05) is 36.5 Å². The molecule has 196 valence electrons. The van der Waals surface area contributed by atoms with Crippen molar-refractivity contribution in [3.05, 3.63) is 90.3 Å². The van der Waals surface area contributed by atoms with E-state index in [0.717, 1.165) is 70.0 Å². The van der Waals surface area contributed by atoms with Gasteiger partial charge in [0.2, 0.25) is 0 Å². The van der Waals surface area contributed by atoms with Crippen LogP contribution in [0.2, 0.25) is 0 Å². The topological polar surface area (TPSA) is 92.6 Å². The lowest BCUT2D eigenvalue weighted by Gasteiger charge is -2.27. The Morgan fingerprint density at radius 2 is 1.85 bits per heavy atom. The van der Waals surface area contributed by atoms with Gasteiger partial charge in [-0.25, -0.2) is 9.97 Å². The number of nitrogens with zero attached hydrogens (tertiary/aromatic N) is 4. The van der Waals surface area contributed by atoms with Crippen LogP contribution in [0.4, 0.5) is 10.9 Å². The number of rotatable bonds is 6. The maximum absolute atomic E-state index is 10.6. The zero-order valence-electron chi connectivity index (χ0n) is 21.2. The minimum absolute atomic E-state index is 0.162. The monoisotopic (exact) mass is 537 g/mol. The van der Waals surface area contributed by atoms with Gasteiger partial charge >= 0.3 is 0 Å². The van der Waals surface area contributed by atoms with E-state index in [9.17, 15) is 5.11 Å². The van der Waals surface area contributed by atoms with Crippen molar-refractivity contribution in [1.29, 1.82) is 0 Å². The molecule has 1 saturated heterocycles. The maximum atomic E-state index is 10.6. The number of pyridine rings is 2. The first-order valence-electron chi connectivity index (χ1n) is 13.1. The molecular weight excluding hydrogens is 510 g/mol. The van der Waals surface area contributed by atoms with Crippen LogP contribution in [0.15, 0.2) is 79.1 Å². The molecule has 0 radical (unpaired) electrons. The summed E-state index contributed by atoms with van der Waals surface area (Å²) < 4.78 is 12.7. The van der Waals surface area contributed by atoms with Crippen LogP contribution in [0.3, 0.4) is 0 Å². The van der Waals surface area contributed by atoms with E-state index in [4.69, 9.17) is 14.5 Å². The van der Waals surface area contributed by atoms with E-state index in [0.29, 0.717) is 12.2 Å². The number of fused-ring (bicyclic) bond motifs is 2. The van der Waals surface area contributed by atoms with Crippen molar-refractivity contribution in [1.82, 2.24) is 15.0 Å². The lowest BCUT2D eigenvalue weighted by atomic mass is 10.1. The maximum Gasteiger partial charge on any atom is 0.184 e. The summed E-state index contributed by atoms with van der Waals surface area (Å²) >= 11 is 1.55. The van der Waals surface area contributed by atoms with Gasteiger partial charge in [0.25, 0.3) is 0 Å². The molecule has 0 bridgehead atoms. The van der Waals surface area contributed by atoms with Gasteiger partial charge in [-0.2, -0.15) is 0 Å². The first-order valence-corrected chi connectivity index (χ1v) is 13.9. The normalized spacial score (nSPS) is 18.7. The Morgan fingerprint density at radius 1 is 0.974 bits per heavy atom. The number of ether oxygens (including phenoxy) is 2. The second kappa shape index (κ2) is 10.3. The molecule has 9 heteroatoms. The first kappa shape index (κ1) is 24.0. The van der Waals surface area contributed by atoms with Crippen LogP contribution >= 0.6 is 11.3 Å². The summed E-state index contributed by atoms with van der Waals surface area (Å²) in [7, 11) is 0. The van der Waals surface area contributed by atoms with Gasteiger partial charge < -0.3 is 24.8 Å². The van der Waals surface area contributed by atoms with Crippen LogP contribution < -0.4 is 15.0 Å². The average Bonchev–Trinajstić information content (AvgIpc) is 3.53. The van der Waals surface area contributed by atoms with Gasteiger partial charge in [0.15, 0.2) is 5.13 Å². The molecule has 7 rings (SSSR count). The van der Waals surface area contributed by atoms with Crippen LogP contribution in [0.1, 0.15) is 17.2 Å². The SMILES string of the molecule is O[C@H]1Cc2ccccc2[C@H]1Nc1nc2ccc(Oc3ccnc(-c4ccc(N5CCOCC5)nc4)c3)cc2s1. The lowest BCUT2D eigenvalue weighted by molar-refractivity contribution is 0.122. The molecule has 2 atom stereocenters. The molecule has 3 aromatic heterocycles. The highest BCUT2D eigenvalue weighted by Gasteiger charge is 2.31. The highest BCUT2D eigenvalue weighted by molar-refractivity contribution is 7.22. The minimum atomic E-state index is -0.472. The molecule has 0 unspecified atom stereocenters. The number of aliphatic hydroxyl groups excluding tert-OH is 1. The first-order chi connectivity index (χ1) is 19.2. The molecule has 1 aliphatic carbocycles. The van der Waals surface area contributed by atoms with Crippen LogP contribution in [0.5, 0.6) is 11.5 Å². The van der Waals surface area contributed by atoms with E-state index in [1.54, 1.807) is 17.5 Å². The Hall–Kier alpha value is -4.05. The Bertz CT molecular complexity index is 1620. The van der Waals surface area contributed by atoms with E-state index >= 15 is 0 Å². The lowest BCUT2D eigenvalue weighted by Crippen LogP contribution is -2.36. The van der Waals surface area contributed by atoms with E-state index in [1.165, 1.54) is 5.56 Å². The number of hydrogen-bond acceptors (Lipinski definition) is 9. The molecule has 2 aromatic carbocycles. The van der Waals surface area contributed by atoms with Gasteiger partial charge in [-0.15, -0.1) is 0 Å². The fourth-order valence-electron chi connectivity index (χ4n) is 5.20. The highest BCUT2D eigenvalue weighted by atomic mass is 32.1. The second-order valence-electron chi connectivity index (χ2n) is 9.72. The number of aliphatic hydroxyl groups is 1. The number of aromatic nitrogens is 3. The van der Waals surface area contributed by atoms with Gasteiger partial charge in [-0.05, 0) is 41.5 Å². The van der Waals surface area contributed by atoms with Gasteiger partial charge in [-0.1, -0.05) is 35.6 Å². The summed E-state index contributed by atoms with van der Waals surface area (Å²) in [5, 5.41) is 14.8. The fraction of sp³-hybridized carbons (Fsp3) is 0.233. The Morgan fingerprint density at radius 3 is 2.72 bits per heavy atom. The molecule has 2 aliphatic rings. The van der Waals surface area contributed by atoms with Gasteiger partial charge in [0.1, 0.15) is 17.3 Å². The number of benzene rings is 2. The number of nitrogens with one attached hydrogen (secondary N) is 1. The van der Waals surface area contributed by atoms with Crippen molar-refractivity contribution >= 4 is 32.5 Å². The smallest absolute Gasteiger partial charge is 0.184 e. The predicted molar refractivity (Wildman–Crippen MR) is 153 cm³/mol. The zero-order valence-corrected chi connectivity index (χ0v) is 22.0. The molecule has 4 heterocycles. The summed E-state index contributed by atoms with van der Waals surface area (Å²) in [6.07, 6.45) is 3.78. The zero-order chi connectivity index (χ0) is 26.2. The van der Waals surface area contributed by atoms with Crippen molar-refractivity contribution in [3.8, 4) is 22.8 Å². The van der Waals surface area contributed by atoms with Crippen molar-refractivity contribution in [3.63, 3.8) is 0 Å². The molecule has 0 spiro atoms. The third-order valence-corrected chi connectivity index (χ3v) is 8.14. The Balaban J connectivity index is 1.07. The molecule has 2 N–H and O–H groups in total. The van der Waals surface area contributed by atoms with Gasteiger partial charge in [-0.3, -0.25) is 4.98 Å². The van der Waals surface area contributed by atoms with Crippen LogP contribution in [-0.4, -0.2) is 52.5 Å². The minimum Gasteiger partial charge on any atom is -0.457 e. The summed E-state index contributed by atoms with van der Waals surface area (Å²) in [4.78, 5) is 16.1. The Labute approximate surface area is 229 Å². The standard InChI is InChI=1S/C30H27N5O3S/c36-26-15-19-3-1-2-4-23(19)29(26)34-30-33-24-7-6-21(17-27(24)39-30)38-22-9-10-31-25(16-22)20-5-8-28(32-18-20)35-11-13-37-14-12-35/h1-10,16-18,26,29,36H,11-15H2,(H,33,34)/t26-,29+/m0/s1. The number of anilines is 2. The van der Waals surface area contributed by atoms with Crippen LogP contribution in [0.25, 0.3) is 21.5 Å². The fourth-order valence-corrected chi connectivity index (χ4v) is 6.13. The quantitative estimate of drug-likeness (QED) is 0.295. The highest BCUT2D eigenvalue weighted by Crippen LogP contribution is 2.37. The van der Waals surface area contributed by atoms with E-state index in [2.05, 4.69) is 32.3 Å². The van der Waals surface area contributed by atoms with Crippen molar-refractivity contribution < 1.29 is 14.6 Å². The van der Waals surface area contributed by atoms with E-state index < -0.39 is 6.10 Å². The molecule has 0 saturated carbocycles. The molecule has 39 heavy (non-hydrogen) atoms. The molecular formula is C30H27N5O3S. The molecule has 5 aromatic rings. The van der Waals surface area contributed by atoms with Gasteiger partial charge in [0.05, 0.1) is 41.3 Å². The molecule has 0 amide bonds. The second-order valence-corrected chi connectivity index (χ2v) is 10.8. The van der Waals surface area contributed by atoms with Crippen LogP contribution in [0, 0.1) is 0 Å². The Kier molecular flexibility index (Phi) is 6.32. The number of morpholine rings is 1. The van der Waals surface area contributed by atoms with Crippen molar-refractivity contribution in [2.45, 2.75) is 18.6 Å². The summed E-state index contributed by atoms with van der Waals surface area (Å²) in [6, 6.07) is 21.7. The number of hydrogen-bond donors (Lipinski definition) is 2. The third-order valence-electron chi connectivity index (χ3n) is 7.19. The van der Waals surface area contributed by atoms with E-state index in [-0.39, 0.29) is 6.04 Å². The largest absolute Gasteiger partial charge is 0.457 e. The van der Waals surface area contributed by atoms with E-state index in [1.807, 2.05) is 60.8 Å². The molecule has 1 fully saturated rings. The molecule has 1 aliphatic heterocycles. The number of thiazole rings is 1. The summed E-state index contributed by atoms with van der Waals surface area (Å²) in [5.41, 5.74) is 4.93. The van der Waals surface area contributed by atoms with Crippen LogP contribution in [-0.2, 0) is 11.2 Å². The average molecular weight is 538 g/mol. The summed E-state index contributed by atoms with van der Waals surface area (Å²) in [6.45, 7) is 3.17. The molecule has 8 nitrogen and oxygen atoms in total. The van der Waals surface area contributed by atoms with Gasteiger partial charge in [0, 0.05) is 49.6 Å². The van der Waals surface area contributed by atoms with Crippen molar-refractivity contribution in [2.24, 2.45) is 0 Å². The predicted octanol–water partition coefficient (Wildman–Crippen LogP) is 5.45.